The van der Waals surface area contributed by atoms with Gasteiger partial charge in [0.05, 0.1) is 37.1 Å². The molecule has 53 heavy (non-hydrogen) atoms. The summed E-state index contributed by atoms with van der Waals surface area (Å²) in [7, 11) is 0. The molecule has 1 aromatic carbocycles. The highest BCUT2D eigenvalue weighted by Gasteiger charge is 2.32. The lowest BCUT2D eigenvalue weighted by atomic mass is 9.96. The second-order valence-electron chi connectivity index (χ2n) is 15.3. The zero-order valence-electron chi connectivity index (χ0n) is 32.8. The smallest absolute Gasteiger partial charge is 0.306 e. The zero-order chi connectivity index (χ0) is 40.2. The number of benzene rings is 1. The molecule has 8 N–H and O–H groups in total. The molecule has 0 saturated heterocycles. The molecule has 0 bridgehead atoms. The summed E-state index contributed by atoms with van der Waals surface area (Å²) < 4.78 is 0. The van der Waals surface area contributed by atoms with Crippen molar-refractivity contribution in [2.45, 2.75) is 156 Å². The number of aliphatic carboxylic acids is 1. The van der Waals surface area contributed by atoms with Crippen LogP contribution in [0.4, 0.5) is 0 Å². The van der Waals surface area contributed by atoms with Crippen molar-refractivity contribution >= 4 is 35.5 Å². The van der Waals surface area contributed by atoms with E-state index in [0.29, 0.717) is 25.7 Å². The van der Waals surface area contributed by atoms with Crippen molar-refractivity contribution in [2.75, 3.05) is 0 Å². The Morgan fingerprint density at radius 1 is 0.604 bits per heavy atom. The molecule has 1 rings (SSSR count). The molecule has 0 aliphatic carbocycles. The van der Waals surface area contributed by atoms with Crippen LogP contribution in [0.5, 0.6) is 0 Å². The van der Waals surface area contributed by atoms with Gasteiger partial charge in [0, 0.05) is 12.8 Å². The highest BCUT2D eigenvalue weighted by atomic mass is 16.4. The second kappa shape index (κ2) is 24.3. The van der Waals surface area contributed by atoms with Gasteiger partial charge < -0.3 is 41.9 Å². The summed E-state index contributed by atoms with van der Waals surface area (Å²) in [5.41, 5.74) is 0.836. The fourth-order valence-corrected chi connectivity index (χ4v) is 5.88. The Labute approximate surface area is 315 Å². The van der Waals surface area contributed by atoms with Crippen LogP contribution in [0, 0.1) is 17.8 Å². The minimum absolute atomic E-state index is 0.00735. The van der Waals surface area contributed by atoms with Gasteiger partial charge >= 0.3 is 5.97 Å². The predicted octanol–water partition coefficient (Wildman–Crippen LogP) is 2.59. The number of carboxylic acids is 1. The molecule has 0 saturated carbocycles. The molecule has 0 aliphatic heterocycles. The van der Waals surface area contributed by atoms with Gasteiger partial charge in [-0.15, -0.1) is 0 Å². The molecule has 0 aliphatic rings. The average Bonchev–Trinajstić information content (AvgIpc) is 3.04. The van der Waals surface area contributed by atoms with Gasteiger partial charge in [-0.1, -0.05) is 91.6 Å². The number of aliphatic hydroxyl groups excluding tert-OH is 2. The van der Waals surface area contributed by atoms with E-state index in [1.165, 1.54) is 6.92 Å². The van der Waals surface area contributed by atoms with Gasteiger partial charge in [-0.2, -0.15) is 0 Å². The van der Waals surface area contributed by atoms with Crippen LogP contribution in [-0.4, -0.2) is 93.2 Å². The fraction of sp³-hybridized carbons (Fsp3) is 0.692. The van der Waals surface area contributed by atoms with E-state index in [0.717, 1.165) is 12.0 Å². The summed E-state index contributed by atoms with van der Waals surface area (Å²) >= 11 is 0. The van der Waals surface area contributed by atoms with Crippen LogP contribution in [0.15, 0.2) is 30.3 Å². The zero-order valence-corrected chi connectivity index (χ0v) is 32.8. The first-order valence-corrected chi connectivity index (χ1v) is 18.9. The van der Waals surface area contributed by atoms with Crippen molar-refractivity contribution in [3.8, 4) is 0 Å². The molecule has 0 heterocycles. The van der Waals surface area contributed by atoms with Gasteiger partial charge in [-0.25, -0.2) is 0 Å². The number of nitrogens with one attached hydrogen (secondary N) is 5. The Balaban J connectivity index is 3.06. The van der Waals surface area contributed by atoms with Crippen LogP contribution in [0.1, 0.15) is 112 Å². The van der Waals surface area contributed by atoms with E-state index in [2.05, 4.69) is 26.6 Å². The minimum atomic E-state index is -1.34. The number of hydrogen-bond donors (Lipinski definition) is 8. The van der Waals surface area contributed by atoms with Crippen LogP contribution < -0.4 is 26.6 Å². The maximum atomic E-state index is 13.7. The van der Waals surface area contributed by atoms with Crippen molar-refractivity contribution in [3.05, 3.63) is 35.9 Å². The molecule has 1 aromatic rings. The SMILES string of the molecule is CCCC[C@H](NC(=O)[C@H](Cc1ccccc1)NC(=O)CC(C)C)C(=O)N[C@H](CC(C)C)[C@H](O)CC(=O)N[C@H](C)C(=O)N[C@@H](CC(C)C)[C@H](O)CC(=O)O. The van der Waals surface area contributed by atoms with E-state index >= 15 is 0 Å². The van der Waals surface area contributed by atoms with E-state index in [9.17, 15) is 39.0 Å². The molecule has 7 atom stereocenters. The number of hydrogen-bond acceptors (Lipinski definition) is 8. The van der Waals surface area contributed by atoms with Gasteiger partial charge in [0.1, 0.15) is 18.1 Å². The number of aliphatic hydroxyl groups is 2. The van der Waals surface area contributed by atoms with Gasteiger partial charge in [0.25, 0.3) is 0 Å². The number of rotatable bonds is 25. The first kappa shape index (κ1) is 47.0. The predicted molar refractivity (Wildman–Crippen MR) is 202 cm³/mol. The molecule has 5 amide bonds. The molecular formula is C39H65N5O9. The summed E-state index contributed by atoms with van der Waals surface area (Å²) in [5.74, 6) is -3.70. The molecule has 0 aromatic heterocycles. The topological polar surface area (TPSA) is 223 Å². The van der Waals surface area contributed by atoms with Gasteiger partial charge in [-0.05, 0) is 49.5 Å². The number of amides is 5. The Hall–Kier alpha value is -4.04. The third kappa shape index (κ3) is 19.6. The van der Waals surface area contributed by atoms with Crippen LogP contribution in [0.3, 0.4) is 0 Å². The maximum absolute atomic E-state index is 13.7. The van der Waals surface area contributed by atoms with E-state index in [-0.39, 0.29) is 36.5 Å². The van der Waals surface area contributed by atoms with Crippen molar-refractivity contribution in [2.24, 2.45) is 17.8 Å². The lowest BCUT2D eigenvalue weighted by Gasteiger charge is -2.29. The summed E-state index contributed by atoms with van der Waals surface area (Å²) in [4.78, 5) is 77.2. The first-order chi connectivity index (χ1) is 24.8. The van der Waals surface area contributed by atoms with E-state index < -0.39 is 84.9 Å². The average molecular weight is 748 g/mol. The number of carboxylic acid groups (broad SMARTS) is 1. The molecule has 300 valence electrons. The third-order valence-corrected chi connectivity index (χ3v) is 8.59. The Morgan fingerprint density at radius 3 is 1.62 bits per heavy atom. The van der Waals surface area contributed by atoms with Gasteiger partial charge in [0.15, 0.2) is 0 Å². The molecule has 0 spiro atoms. The van der Waals surface area contributed by atoms with Gasteiger partial charge in [0.2, 0.25) is 29.5 Å². The van der Waals surface area contributed by atoms with Crippen LogP contribution in [0.25, 0.3) is 0 Å². The van der Waals surface area contributed by atoms with E-state index in [1.54, 1.807) is 0 Å². The van der Waals surface area contributed by atoms with Crippen molar-refractivity contribution in [3.63, 3.8) is 0 Å². The summed E-state index contributed by atoms with van der Waals surface area (Å²) in [6.45, 7) is 14.7. The van der Waals surface area contributed by atoms with Crippen LogP contribution in [-0.2, 0) is 35.2 Å². The molecule has 14 heteroatoms. The van der Waals surface area contributed by atoms with Crippen LogP contribution >= 0.6 is 0 Å². The molecular weight excluding hydrogens is 682 g/mol. The molecule has 14 nitrogen and oxygen atoms in total. The lowest BCUT2D eigenvalue weighted by Crippen LogP contribution is -2.57. The Bertz CT molecular complexity index is 1310. The second-order valence-corrected chi connectivity index (χ2v) is 15.3. The standard InChI is InChI=1S/C39H65N5O9/c1-9-10-16-28(42-39(53)31(41-34(47)19-25(6)7)20-27-14-12-11-13-15-27)38(52)44-29(17-23(2)3)32(45)21-35(48)40-26(8)37(51)43-30(18-24(4)5)33(46)22-36(49)50/h11-15,23-26,28-33,45-46H,9-10,16-22H2,1-8H3,(H,40,48)(H,41,47)(H,42,53)(H,43,51)(H,44,52)(H,49,50)/t26-,28+,29-,30+,31+,32-,33-/m1/s1. The summed E-state index contributed by atoms with van der Waals surface area (Å²) in [5, 5.41) is 44.3. The van der Waals surface area contributed by atoms with E-state index in [1.807, 2.05) is 78.8 Å². The first-order valence-electron chi connectivity index (χ1n) is 18.9. The van der Waals surface area contributed by atoms with Crippen molar-refractivity contribution in [1.29, 1.82) is 0 Å². The molecule has 0 radical (unpaired) electrons. The maximum Gasteiger partial charge on any atom is 0.306 e. The van der Waals surface area contributed by atoms with Gasteiger partial charge in [-0.3, -0.25) is 28.8 Å². The number of carbonyl (C=O) groups excluding carboxylic acids is 5. The van der Waals surface area contributed by atoms with Crippen molar-refractivity contribution < 1.29 is 44.1 Å². The minimum Gasteiger partial charge on any atom is -0.481 e. The lowest BCUT2D eigenvalue weighted by molar-refractivity contribution is -0.140. The summed E-state index contributed by atoms with van der Waals surface area (Å²) in [6.07, 6.45) is -0.910. The van der Waals surface area contributed by atoms with E-state index in [4.69, 9.17) is 5.11 Å². The third-order valence-electron chi connectivity index (χ3n) is 8.59. The molecule has 0 fully saturated rings. The van der Waals surface area contributed by atoms with Crippen molar-refractivity contribution in [1.82, 2.24) is 26.6 Å². The quantitative estimate of drug-likeness (QED) is 0.0735. The molecule has 0 unspecified atom stereocenters. The summed E-state index contributed by atoms with van der Waals surface area (Å²) in [6, 6.07) is 4.55. The Morgan fingerprint density at radius 2 is 1.11 bits per heavy atom. The number of carbonyl (C=O) groups is 6. The largest absolute Gasteiger partial charge is 0.481 e. The Kier molecular flexibility index (Phi) is 21.5. The fourth-order valence-electron chi connectivity index (χ4n) is 5.88. The normalized spacial score (nSPS) is 15.4. The highest BCUT2D eigenvalue weighted by molar-refractivity contribution is 5.92. The highest BCUT2D eigenvalue weighted by Crippen LogP contribution is 2.15. The number of unbranched alkanes of at least 4 members (excludes halogenated alkanes) is 1. The van der Waals surface area contributed by atoms with Crippen LogP contribution in [0.2, 0.25) is 0 Å². The monoisotopic (exact) mass is 747 g/mol.